The van der Waals surface area contributed by atoms with Gasteiger partial charge in [-0.3, -0.25) is 18.9 Å². The number of rotatable bonds is 10. The number of nitrogens with zero attached hydrogens (tertiary/aromatic N) is 4. The minimum absolute atomic E-state index is 0.00708. The van der Waals surface area contributed by atoms with Crippen LogP contribution < -0.4 is 10.1 Å². The van der Waals surface area contributed by atoms with Gasteiger partial charge in [0.05, 0.1) is 12.2 Å². The van der Waals surface area contributed by atoms with E-state index < -0.39 is 0 Å². The second kappa shape index (κ2) is 13.9. The minimum atomic E-state index is -0.325. The second-order valence-corrected chi connectivity index (χ2v) is 14.2. The summed E-state index contributed by atoms with van der Waals surface area (Å²) in [5, 5.41) is 12.0. The molecule has 1 aliphatic heterocycles. The van der Waals surface area contributed by atoms with Crippen LogP contribution in [-0.2, 0) is 26.3 Å². The molecule has 0 radical (unpaired) electrons. The molecule has 1 N–H and O–H groups in total. The first kappa shape index (κ1) is 32.7. The smallest absolute Gasteiger partial charge is 0.302 e. The third kappa shape index (κ3) is 7.67. The fourth-order valence-corrected chi connectivity index (χ4v) is 7.05. The monoisotopic (exact) mass is 637 g/mol. The summed E-state index contributed by atoms with van der Waals surface area (Å²) in [6.45, 7) is 9.04. The number of carbonyl (C=O) groups excluding carboxylic acids is 2. The van der Waals surface area contributed by atoms with Gasteiger partial charge in [-0.25, -0.2) is 0 Å². The molecule has 6 rings (SSSR count). The van der Waals surface area contributed by atoms with Gasteiger partial charge in [-0.1, -0.05) is 51.1 Å². The van der Waals surface area contributed by atoms with E-state index >= 15 is 0 Å². The zero-order valence-electron chi connectivity index (χ0n) is 28.3. The molecule has 1 amide bonds. The van der Waals surface area contributed by atoms with Crippen molar-refractivity contribution in [2.45, 2.75) is 103 Å². The maximum atomic E-state index is 13.1. The standard InChI is InChI=1S/C38H47N5O4/c1-25(44)46-24-26-20-28(38(2,3)4)22-29(21-26)39-36(45)14-8-10-27-15-17-34(32-12-7-6-11-31(27)32)47-30-16-18-35-40-41-37(43(35)23-30)33-13-9-19-42(33)5/h6-7,11-12,16,18,20-23,27,33-34H,8-10,13-15,17,19,24H2,1-5H3,(H,39,45)/t27-,33-,34+/m0/s1. The van der Waals surface area contributed by atoms with Crippen LogP contribution in [-0.4, -0.2) is 45.0 Å². The molecule has 2 aromatic heterocycles. The van der Waals surface area contributed by atoms with E-state index in [4.69, 9.17) is 9.47 Å². The molecule has 0 spiro atoms. The predicted octanol–water partition coefficient (Wildman–Crippen LogP) is 7.66. The summed E-state index contributed by atoms with van der Waals surface area (Å²) in [7, 11) is 2.15. The Morgan fingerprint density at radius 2 is 1.81 bits per heavy atom. The number of benzene rings is 2. The van der Waals surface area contributed by atoms with Crippen molar-refractivity contribution in [1.29, 1.82) is 0 Å². The molecular formula is C38H47N5O4. The summed E-state index contributed by atoms with van der Waals surface area (Å²) >= 11 is 0. The van der Waals surface area contributed by atoms with Gasteiger partial charge in [-0.2, -0.15) is 0 Å². The second-order valence-electron chi connectivity index (χ2n) is 14.2. The van der Waals surface area contributed by atoms with Crippen LogP contribution in [0.4, 0.5) is 5.69 Å². The average Bonchev–Trinajstić information content (AvgIpc) is 3.65. The number of fused-ring (bicyclic) bond motifs is 2. The molecule has 1 aliphatic carbocycles. The lowest BCUT2D eigenvalue weighted by atomic mass is 9.79. The number of hydrogen-bond donors (Lipinski definition) is 1. The predicted molar refractivity (Wildman–Crippen MR) is 182 cm³/mol. The van der Waals surface area contributed by atoms with Gasteiger partial charge in [0, 0.05) is 19.0 Å². The van der Waals surface area contributed by atoms with E-state index in [2.05, 4.69) is 76.9 Å². The molecule has 248 valence electrons. The van der Waals surface area contributed by atoms with Crippen LogP contribution in [0.25, 0.3) is 5.65 Å². The van der Waals surface area contributed by atoms with E-state index in [-0.39, 0.29) is 36.0 Å². The Bertz CT molecular complexity index is 1740. The Morgan fingerprint density at radius 1 is 1.00 bits per heavy atom. The lowest BCUT2D eigenvalue weighted by molar-refractivity contribution is -0.142. The molecule has 2 aliphatic rings. The largest absolute Gasteiger partial charge is 0.484 e. The Kier molecular flexibility index (Phi) is 9.64. The van der Waals surface area contributed by atoms with Crippen LogP contribution in [0.1, 0.15) is 119 Å². The third-order valence-corrected chi connectivity index (χ3v) is 9.60. The average molecular weight is 638 g/mol. The number of amides is 1. The number of anilines is 1. The highest BCUT2D eigenvalue weighted by atomic mass is 16.5. The number of carbonyl (C=O) groups is 2. The maximum Gasteiger partial charge on any atom is 0.302 e. The van der Waals surface area contributed by atoms with Crippen molar-refractivity contribution in [2.75, 3.05) is 18.9 Å². The summed E-state index contributed by atoms with van der Waals surface area (Å²) in [5.74, 6) is 1.84. The first-order chi connectivity index (χ1) is 22.5. The normalized spacial score (nSPS) is 19.8. The van der Waals surface area contributed by atoms with Crippen molar-refractivity contribution in [3.63, 3.8) is 0 Å². The lowest BCUT2D eigenvalue weighted by Crippen LogP contribution is -2.20. The van der Waals surface area contributed by atoms with E-state index in [0.717, 1.165) is 72.7 Å². The highest BCUT2D eigenvalue weighted by molar-refractivity contribution is 5.90. The van der Waals surface area contributed by atoms with Gasteiger partial charge in [-0.05, 0) is 110 Å². The lowest BCUT2D eigenvalue weighted by Gasteiger charge is -2.32. The Balaban J connectivity index is 1.08. The summed E-state index contributed by atoms with van der Waals surface area (Å²) < 4.78 is 14.0. The zero-order chi connectivity index (χ0) is 33.1. The van der Waals surface area contributed by atoms with Crippen LogP contribution >= 0.6 is 0 Å². The number of aromatic nitrogens is 3. The molecule has 4 aromatic rings. The fraction of sp³-hybridized carbons (Fsp3) is 0.474. The van der Waals surface area contributed by atoms with Crippen LogP contribution in [0.2, 0.25) is 0 Å². The van der Waals surface area contributed by atoms with Crippen LogP contribution in [0.3, 0.4) is 0 Å². The van der Waals surface area contributed by atoms with Crippen LogP contribution in [0.15, 0.2) is 60.8 Å². The van der Waals surface area contributed by atoms with Crippen molar-refractivity contribution in [2.24, 2.45) is 0 Å². The number of nitrogens with one attached hydrogen (secondary N) is 1. The first-order valence-corrected chi connectivity index (χ1v) is 16.9. The SMILES string of the molecule is CC(=O)OCc1cc(NC(=O)CCC[C@H]2CC[C@@H](Oc3ccc4nnc([C@@H]5CCCN5C)n4c3)c3ccccc32)cc(C(C)(C)C)c1. The number of esters is 1. The molecule has 2 aromatic carbocycles. The van der Waals surface area contributed by atoms with E-state index in [9.17, 15) is 9.59 Å². The van der Waals surface area contributed by atoms with Crippen molar-refractivity contribution >= 4 is 23.2 Å². The molecule has 1 fully saturated rings. The van der Waals surface area contributed by atoms with Crippen molar-refractivity contribution in [1.82, 2.24) is 19.5 Å². The Hall–Kier alpha value is -4.24. The van der Waals surface area contributed by atoms with Gasteiger partial charge in [0.15, 0.2) is 11.5 Å². The highest BCUT2D eigenvalue weighted by Crippen LogP contribution is 2.42. The van der Waals surface area contributed by atoms with Gasteiger partial charge in [0.25, 0.3) is 0 Å². The number of likely N-dealkylation sites (tertiary alicyclic amines) is 1. The van der Waals surface area contributed by atoms with Crippen molar-refractivity contribution in [3.05, 3.63) is 88.9 Å². The Morgan fingerprint density at radius 3 is 2.55 bits per heavy atom. The number of ether oxygens (including phenoxy) is 2. The molecule has 47 heavy (non-hydrogen) atoms. The summed E-state index contributed by atoms with van der Waals surface area (Å²) in [6, 6.07) is 18.8. The van der Waals surface area contributed by atoms with E-state index in [1.807, 2.05) is 36.5 Å². The first-order valence-electron chi connectivity index (χ1n) is 16.9. The Labute approximate surface area is 277 Å². The number of hydrogen-bond acceptors (Lipinski definition) is 7. The van der Waals surface area contributed by atoms with Gasteiger partial charge < -0.3 is 14.8 Å². The van der Waals surface area contributed by atoms with E-state index in [1.165, 1.54) is 24.5 Å². The zero-order valence-corrected chi connectivity index (χ0v) is 28.3. The molecule has 0 unspecified atom stereocenters. The molecule has 9 heteroatoms. The molecule has 0 saturated carbocycles. The molecule has 3 heterocycles. The molecular weight excluding hydrogens is 590 g/mol. The van der Waals surface area contributed by atoms with Gasteiger partial charge >= 0.3 is 5.97 Å². The topological polar surface area (TPSA) is 98.1 Å². The summed E-state index contributed by atoms with van der Waals surface area (Å²) in [6.07, 6.45) is 8.34. The quantitative estimate of drug-likeness (QED) is 0.178. The fourth-order valence-electron chi connectivity index (χ4n) is 7.05. The van der Waals surface area contributed by atoms with Crippen LogP contribution in [0.5, 0.6) is 5.75 Å². The van der Waals surface area contributed by atoms with E-state index in [0.29, 0.717) is 12.3 Å². The molecule has 3 atom stereocenters. The van der Waals surface area contributed by atoms with Crippen LogP contribution in [0, 0.1) is 0 Å². The summed E-state index contributed by atoms with van der Waals surface area (Å²) in [5.41, 5.74) is 5.95. The van der Waals surface area contributed by atoms with Gasteiger partial charge in [0.1, 0.15) is 18.5 Å². The van der Waals surface area contributed by atoms with Gasteiger partial charge in [-0.15, -0.1) is 10.2 Å². The van der Waals surface area contributed by atoms with Gasteiger partial charge in [0.2, 0.25) is 5.91 Å². The third-order valence-electron chi connectivity index (χ3n) is 9.60. The van der Waals surface area contributed by atoms with E-state index in [1.54, 1.807) is 0 Å². The maximum absolute atomic E-state index is 13.1. The van der Waals surface area contributed by atoms with Crippen molar-refractivity contribution in [3.8, 4) is 5.75 Å². The highest BCUT2D eigenvalue weighted by Gasteiger charge is 2.30. The number of pyridine rings is 1. The molecule has 0 bridgehead atoms. The minimum Gasteiger partial charge on any atom is -0.484 e. The summed E-state index contributed by atoms with van der Waals surface area (Å²) in [4.78, 5) is 26.8. The molecule has 1 saturated heterocycles. The van der Waals surface area contributed by atoms with Crippen molar-refractivity contribution < 1.29 is 19.1 Å². The molecule has 9 nitrogen and oxygen atoms in total.